The highest BCUT2D eigenvalue weighted by molar-refractivity contribution is 6.02. The molecular weight excluding hydrogens is 287 g/mol. The number of carbonyl (C=O) groups excluding carboxylic acids is 1. The van der Waals surface area contributed by atoms with E-state index in [9.17, 15) is 14.3 Å². The number of aromatic nitrogens is 3. The normalized spacial score (nSPS) is 10.4. The summed E-state index contributed by atoms with van der Waals surface area (Å²) < 4.78 is 14.2. The third-order valence-electron chi connectivity index (χ3n) is 2.94. The van der Waals surface area contributed by atoms with Crippen LogP contribution < -0.4 is 5.32 Å². The third-order valence-corrected chi connectivity index (χ3v) is 2.94. The van der Waals surface area contributed by atoms with Gasteiger partial charge in [0.1, 0.15) is 11.6 Å². The molecule has 1 amide bonds. The molecular formula is C15H11FN4O2. The second-order valence-electron chi connectivity index (χ2n) is 4.53. The fourth-order valence-corrected chi connectivity index (χ4v) is 1.83. The van der Waals surface area contributed by atoms with Crippen LogP contribution in [0.25, 0.3) is 5.69 Å². The van der Waals surface area contributed by atoms with Gasteiger partial charge >= 0.3 is 0 Å². The maximum atomic E-state index is 12.8. The first-order valence-electron chi connectivity index (χ1n) is 6.40. The predicted octanol–water partition coefficient (Wildman–Crippen LogP) is 2.36. The molecule has 0 aliphatic carbocycles. The van der Waals surface area contributed by atoms with E-state index in [1.807, 2.05) is 0 Å². The van der Waals surface area contributed by atoms with Gasteiger partial charge in [-0.25, -0.2) is 9.07 Å². The van der Waals surface area contributed by atoms with Crippen LogP contribution in [0.5, 0.6) is 5.75 Å². The largest absolute Gasteiger partial charge is 0.508 e. The summed E-state index contributed by atoms with van der Waals surface area (Å²) in [5.41, 5.74) is 1.24. The van der Waals surface area contributed by atoms with Crippen molar-refractivity contribution in [2.24, 2.45) is 0 Å². The summed E-state index contributed by atoms with van der Waals surface area (Å²) in [6.07, 6.45) is 1.46. The van der Waals surface area contributed by atoms with E-state index >= 15 is 0 Å². The Kier molecular flexibility index (Phi) is 3.53. The van der Waals surface area contributed by atoms with Crippen LogP contribution in [0, 0.1) is 5.82 Å². The van der Waals surface area contributed by atoms with Gasteiger partial charge in [-0.1, -0.05) is 5.21 Å². The lowest BCUT2D eigenvalue weighted by atomic mass is 10.3. The molecule has 0 radical (unpaired) electrons. The van der Waals surface area contributed by atoms with Gasteiger partial charge in [0.15, 0.2) is 5.69 Å². The predicted molar refractivity (Wildman–Crippen MR) is 77.4 cm³/mol. The molecule has 1 aromatic heterocycles. The maximum Gasteiger partial charge on any atom is 0.277 e. The lowest BCUT2D eigenvalue weighted by Gasteiger charge is -2.02. The summed E-state index contributed by atoms with van der Waals surface area (Å²) in [6.45, 7) is 0. The molecule has 0 saturated carbocycles. The molecule has 0 aliphatic rings. The number of anilines is 1. The first-order chi connectivity index (χ1) is 10.6. The molecule has 22 heavy (non-hydrogen) atoms. The summed E-state index contributed by atoms with van der Waals surface area (Å²) >= 11 is 0. The van der Waals surface area contributed by atoms with E-state index in [1.165, 1.54) is 47.3 Å². The Labute approximate surface area is 124 Å². The van der Waals surface area contributed by atoms with Crippen LogP contribution >= 0.6 is 0 Å². The van der Waals surface area contributed by atoms with Gasteiger partial charge in [0, 0.05) is 5.69 Å². The SMILES string of the molecule is O=C(Nc1ccc(F)cc1)c1cn(-c2ccc(O)cc2)nn1. The number of aromatic hydroxyl groups is 1. The van der Waals surface area contributed by atoms with Crippen molar-refractivity contribution in [2.45, 2.75) is 0 Å². The van der Waals surface area contributed by atoms with Crippen molar-refractivity contribution in [3.8, 4) is 11.4 Å². The Bertz CT molecular complexity index is 797. The van der Waals surface area contributed by atoms with Crippen molar-refractivity contribution in [3.63, 3.8) is 0 Å². The monoisotopic (exact) mass is 298 g/mol. The zero-order valence-corrected chi connectivity index (χ0v) is 11.3. The Morgan fingerprint density at radius 3 is 2.45 bits per heavy atom. The van der Waals surface area contributed by atoms with Crippen molar-refractivity contribution >= 4 is 11.6 Å². The second-order valence-corrected chi connectivity index (χ2v) is 4.53. The molecule has 7 heteroatoms. The Hall–Kier alpha value is -3.22. The van der Waals surface area contributed by atoms with Gasteiger partial charge in [-0.2, -0.15) is 0 Å². The number of rotatable bonds is 3. The number of nitrogens with zero attached hydrogens (tertiary/aromatic N) is 3. The van der Waals surface area contributed by atoms with Gasteiger partial charge in [0.2, 0.25) is 0 Å². The summed E-state index contributed by atoms with van der Waals surface area (Å²) in [4.78, 5) is 12.0. The molecule has 0 fully saturated rings. The Balaban J connectivity index is 1.76. The summed E-state index contributed by atoms with van der Waals surface area (Å²) in [7, 11) is 0. The fraction of sp³-hybridized carbons (Fsp3) is 0. The number of phenolic OH excluding ortho intramolecular Hbond substituents is 1. The van der Waals surface area contributed by atoms with Crippen molar-refractivity contribution in [3.05, 3.63) is 66.2 Å². The average molecular weight is 298 g/mol. The highest BCUT2D eigenvalue weighted by Gasteiger charge is 2.12. The van der Waals surface area contributed by atoms with Gasteiger partial charge in [0.05, 0.1) is 11.9 Å². The third kappa shape index (κ3) is 2.93. The van der Waals surface area contributed by atoms with Gasteiger partial charge in [-0.15, -0.1) is 5.10 Å². The van der Waals surface area contributed by atoms with E-state index in [-0.39, 0.29) is 17.3 Å². The average Bonchev–Trinajstić information content (AvgIpc) is 3.00. The lowest BCUT2D eigenvalue weighted by molar-refractivity contribution is 0.102. The number of halogens is 1. The number of benzene rings is 2. The minimum atomic E-state index is -0.448. The summed E-state index contributed by atoms with van der Waals surface area (Å²) in [6, 6.07) is 11.7. The molecule has 0 atom stereocenters. The van der Waals surface area contributed by atoms with Crippen molar-refractivity contribution in [2.75, 3.05) is 5.32 Å². The van der Waals surface area contributed by atoms with Crippen LogP contribution in [0.15, 0.2) is 54.7 Å². The van der Waals surface area contributed by atoms with Crippen LogP contribution in [-0.2, 0) is 0 Å². The number of hydrogen-bond acceptors (Lipinski definition) is 4. The summed E-state index contributed by atoms with van der Waals surface area (Å²) in [5.74, 6) is -0.689. The molecule has 0 bridgehead atoms. The molecule has 0 spiro atoms. The van der Waals surface area contributed by atoms with Gasteiger partial charge in [0.25, 0.3) is 5.91 Å². The molecule has 0 unspecified atom stereocenters. The van der Waals surface area contributed by atoms with E-state index in [0.717, 1.165) is 0 Å². The van der Waals surface area contributed by atoms with E-state index < -0.39 is 5.91 Å². The molecule has 0 saturated heterocycles. The number of amides is 1. The number of phenols is 1. The van der Waals surface area contributed by atoms with E-state index in [1.54, 1.807) is 12.1 Å². The van der Waals surface area contributed by atoms with Crippen LogP contribution in [0.3, 0.4) is 0 Å². The van der Waals surface area contributed by atoms with Crippen LogP contribution in [0.2, 0.25) is 0 Å². The second kappa shape index (κ2) is 5.65. The number of hydrogen-bond donors (Lipinski definition) is 2. The topological polar surface area (TPSA) is 80.0 Å². The highest BCUT2D eigenvalue weighted by Crippen LogP contribution is 2.14. The van der Waals surface area contributed by atoms with Crippen molar-refractivity contribution in [1.29, 1.82) is 0 Å². The number of carbonyl (C=O) groups is 1. The Morgan fingerprint density at radius 2 is 1.77 bits per heavy atom. The van der Waals surface area contributed by atoms with E-state index in [2.05, 4.69) is 15.6 Å². The maximum absolute atomic E-state index is 12.8. The van der Waals surface area contributed by atoms with E-state index in [0.29, 0.717) is 11.4 Å². The molecule has 2 N–H and O–H groups in total. The first kappa shape index (κ1) is 13.7. The van der Waals surface area contributed by atoms with Gasteiger partial charge < -0.3 is 10.4 Å². The van der Waals surface area contributed by atoms with E-state index in [4.69, 9.17) is 0 Å². The molecule has 0 aliphatic heterocycles. The minimum Gasteiger partial charge on any atom is -0.508 e. The number of nitrogens with one attached hydrogen (secondary N) is 1. The lowest BCUT2D eigenvalue weighted by Crippen LogP contribution is -2.12. The van der Waals surface area contributed by atoms with Crippen LogP contribution in [0.1, 0.15) is 10.5 Å². The fourth-order valence-electron chi connectivity index (χ4n) is 1.83. The molecule has 2 aromatic carbocycles. The smallest absolute Gasteiger partial charge is 0.277 e. The molecule has 6 nitrogen and oxygen atoms in total. The minimum absolute atomic E-state index is 0.123. The van der Waals surface area contributed by atoms with Crippen molar-refractivity contribution < 1.29 is 14.3 Å². The molecule has 1 heterocycles. The first-order valence-corrected chi connectivity index (χ1v) is 6.40. The zero-order chi connectivity index (χ0) is 15.5. The molecule has 3 aromatic rings. The highest BCUT2D eigenvalue weighted by atomic mass is 19.1. The van der Waals surface area contributed by atoms with Crippen LogP contribution in [0.4, 0.5) is 10.1 Å². The summed E-state index contributed by atoms with van der Waals surface area (Å²) in [5, 5.41) is 19.5. The van der Waals surface area contributed by atoms with Gasteiger partial charge in [-0.3, -0.25) is 4.79 Å². The molecule has 3 rings (SSSR count). The quantitative estimate of drug-likeness (QED) is 0.778. The zero-order valence-electron chi connectivity index (χ0n) is 11.3. The van der Waals surface area contributed by atoms with Gasteiger partial charge in [-0.05, 0) is 48.5 Å². The Morgan fingerprint density at radius 1 is 1.09 bits per heavy atom. The van der Waals surface area contributed by atoms with Crippen molar-refractivity contribution in [1.82, 2.24) is 15.0 Å². The van der Waals surface area contributed by atoms with Crippen LogP contribution in [-0.4, -0.2) is 26.0 Å². The standard InChI is InChI=1S/C15H11FN4O2/c16-10-1-3-11(4-2-10)17-15(22)14-9-20(19-18-14)12-5-7-13(21)8-6-12/h1-9,21H,(H,17,22). The molecule has 110 valence electrons.